The number of carbonyl (C=O) groups excluding carboxylic acids is 1. The molecule has 2 aromatic carbocycles. The first-order chi connectivity index (χ1) is 14.0. The largest absolute Gasteiger partial charge is 0.482 e. The third-order valence-electron chi connectivity index (χ3n) is 4.48. The highest BCUT2D eigenvalue weighted by Crippen LogP contribution is 2.28. The van der Waals surface area contributed by atoms with Gasteiger partial charge in [0, 0.05) is 38.3 Å². The maximum Gasteiger partial charge on any atom is 0.271 e. The fourth-order valence-electron chi connectivity index (χ4n) is 3.03. The van der Waals surface area contributed by atoms with Crippen molar-refractivity contribution in [1.82, 2.24) is 10.2 Å². The summed E-state index contributed by atoms with van der Waals surface area (Å²) in [5, 5.41) is 13.6. The Morgan fingerprint density at radius 3 is 2.83 bits per heavy atom. The number of nitro groups is 1. The van der Waals surface area contributed by atoms with Crippen molar-refractivity contribution in [2.24, 2.45) is 0 Å². The summed E-state index contributed by atoms with van der Waals surface area (Å²) in [6.07, 6.45) is -0.0978. The molecule has 1 fully saturated rings. The number of morpholine rings is 1. The number of carbonyl (C=O) groups is 1. The van der Waals surface area contributed by atoms with Gasteiger partial charge in [-0.2, -0.15) is 0 Å². The maximum absolute atomic E-state index is 12.1. The van der Waals surface area contributed by atoms with Crippen molar-refractivity contribution in [3.63, 3.8) is 0 Å². The Morgan fingerprint density at radius 1 is 1.31 bits per heavy atom. The van der Waals surface area contributed by atoms with Crippen molar-refractivity contribution in [2.75, 3.05) is 32.8 Å². The molecule has 0 aliphatic carbocycles. The summed E-state index contributed by atoms with van der Waals surface area (Å²) < 4.78 is 11.1. The molecule has 1 unspecified atom stereocenters. The minimum absolute atomic E-state index is 0.0826. The van der Waals surface area contributed by atoms with Crippen molar-refractivity contribution >= 4 is 23.2 Å². The van der Waals surface area contributed by atoms with Crippen LogP contribution < -0.4 is 10.1 Å². The van der Waals surface area contributed by atoms with Crippen LogP contribution in [0.15, 0.2) is 48.5 Å². The van der Waals surface area contributed by atoms with E-state index in [2.05, 4.69) is 22.3 Å². The molecule has 0 aromatic heterocycles. The van der Waals surface area contributed by atoms with E-state index in [1.165, 1.54) is 23.8 Å². The van der Waals surface area contributed by atoms with E-state index in [1.807, 2.05) is 18.2 Å². The Labute approximate surface area is 173 Å². The zero-order valence-electron chi connectivity index (χ0n) is 15.8. The molecule has 0 radical (unpaired) electrons. The van der Waals surface area contributed by atoms with Gasteiger partial charge in [0.2, 0.25) is 0 Å². The molecule has 2 aromatic rings. The lowest BCUT2D eigenvalue weighted by Crippen LogP contribution is -2.47. The van der Waals surface area contributed by atoms with Crippen LogP contribution in [0.4, 0.5) is 5.69 Å². The van der Waals surface area contributed by atoms with E-state index >= 15 is 0 Å². The lowest BCUT2D eigenvalue weighted by atomic mass is 10.2. The molecule has 1 amide bonds. The number of benzene rings is 2. The molecule has 0 spiro atoms. The molecule has 0 bridgehead atoms. The zero-order valence-corrected chi connectivity index (χ0v) is 16.5. The monoisotopic (exact) mass is 419 g/mol. The molecule has 1 saturated heterocycles. The Balaban J connectivity index is 1.41. The summed E-state index contributed by atoms with van der Waals surface area (Å²) >= 11 is 5.95. The normalized spacial score (nSPS) is 16.9. The summed E-state index contributed by atoms with van der Waals surface area (Å²) in [7, 11) is 0. The van der Waals surface area contributed by atoms with Gasteiger partial charge in [0.05, 0.1) is 22.7 Å². The highest BCUT2D eigenvalue weighted by atomic mass is 35.5. The van der Waals surface area contributed by atoms with E-state index in [9.17, 15) is 14.9 Å². The Morgan fingerprint density at radius 2 is 2.10 bits per heavy atom. The minimum Gasteiger partial charge on any atom is -0.482 e. The van der Waals surface area contributed by atoms with Gasteiger partial charge in [-0.25, -0.2) is 0 Å². The number of hydrogen-bond acceptors (Lipinski definition) is 6. The van der Waals surface area contributed by atoms with Crippen molar-refractivity contribution in [3.8, 4) is 5.75 Å². The third kappa shape index (κ3) is 6.42. The average molecular weight is 420 g/mol. The van der Waals surface area contributed by atoms with Gasteiger partial charge < -0.3 is 14.8 Å². The zero-order chi connectivity index (χ0) is 20.6. The van der Waals surface area contributed by atoms with Crippen LogP contribution in [0.5, 0.6) is 5.75 Å². The topological polar surface area (TPSA) is 93.9 Å². The first kappa shape index (κ1) is 21.0. The van der Waals surface area contributed by atoms with Crippen molar-refractivity contribution in [1.29, 1.82) is 0 Å². The molecule has 0 saturated carbocycles. The summed E-state index contributed by atoms with van der Waals surface area (Å²) in [5.74, 6) is -0.0985. The molecule has 1 heterocycles. The Kier molecular flexibility index (Phi) is 7.40. The third-order valence-corrected chi connectivity index (χ3v) is 4.78. The molecule has 1 aliphatic rings. The number of nitrogens with zero attached hydrogens (tertiary/aromatic N) is 2. The van der Waals surface area contributed by atoms with E-state index < -0.39 is 4.92 Å². The molecule has 9 heteroatoms. The van der Waals surface area contributed by atoms with Crippen LogP contribution in [0.1, 0.15) is 5.56 Å². The highest BCUT2D eigenvalue weighted by molar-refractivity contribution is 6.32. The van der Waals surface area contributed by atoms with Gasteiger partial charge in [-0.1, -0.05) is 41.9 Å². The molecule has 1 atom stereocenters. The van der Waals surface area contributed by atoms with Crippen molar-refractivity contribution < 1.29 is 19.2 Å². The van der Waals surface area contributed by atoms with Crippen LogP contribution in [-0.2, 0) is 16.1 Å². The highest BCUT2D eigenvalue weighted by Gasteiger charge is 2.21. The number of nitro benzene ring substituents is 1. The van der Waals surface area contributed by atoms with Crippen LogP contribution in [-0.4, -0.2) is 54.7 Å². The number of non-ortho nitro benzene ring substituents is 1. The molecule has 1 aliphatic heterocycles. The Bertz CT molecular complexity index is 849. The van der Waals surface area contributed by atoms with Gasteiger partial charge in [0.1, 0.15) is 5.75 Å². The molecule has 29 heavy (non-hydrogen) atoms. The standard InChI is InChI=1S/C20H22ClN3O5/c21-18-10-16(24(26)27)6-7-19(18)29-14-20(25)22-11-17-13-23(8-9-28-17)12-15-4-2-1-3-5-15/h1-7,10,17H,8-9,11-14H2,(H,22,25). The van der Waals surface area contributed by atoms with Crippen LogP contribution in [0.3, 0.4) is 0 Å². The lowest BCUT2D eigenvalue weighted by molar-refractivity contribution is -0.384. The van der Waals surface area contributed by atoms with E-state index in [1.54, 1.807) is 0 Å². The van der Waals surface area contributed by atoms with Gasteiger partial charge in [-0.15, -0.1) is 0 Å². The van der Waals surface area contributed by atoms with Crippen LogP contribution in [0.2, 0.25) is 5.02 Å². The average Bonchev–Trinajstić information content (AvgIpc) is 2.72. The fraction of sp³-hybridized carbons (Fsp3) is 0.350. The second-order valence-corrected chi connectivity index (χ2v) is 7.09. The number of halogens is 1. The molecule has 1 N–H and O–H groups in total. The second-order valence-electron chi connectivity index (χ2n) is 6.68. The predicted octanol–water partition coefficient (Wildman–Crippen LogP) is 2.64. The van der Waals surface area contributed by atoms with Crippen molar-refractivity contribution in [3.05, 3.63) is 69.2 Å². The van der Waals surface area contributed by atoms with Crippen LogP contribution >= 0.6 is 11.6 Å². The van der Waals surface area contributed by atoms with E-state index in [-0.39, 0.29) is 35.1 Å². The molecular weight excluding hydrogens is 398 g/mol. The lowest BCUT2D eigenvalue weighted by Gasteiger charge is -2.33. The molecule has 8 nitrogen and oxygen atoms in total. The maximum atomic E-state index is 12.1. The predicted molar refractivity (Wildman–Crippen MR) is 108 cm³/mol. The van der Waals surface area contributed by atoms with E-state index in [0.29, 0.717) is 13.2 Å². The van der Waals surface area contributed by atoms with Gasteiger partial charge in [0.15, 0.2) is 6.61 Å². The first-order valence-electron chi connectivity index (χ1n) is 9.22. The number of hydrogen-bond donors (Lipinski definition) is 1. The van der Waals surface area contributed by atoms with Gasteiger partial charge in [-0.3, -0.25) is 19.8 Å². The van der Waals surface area contributed by atoms with E-state index in [0.717, 1.165) is 19.6 Å². The van der Waals surface area contributed by atoms with Gasteiger partial charge >= 0.3 is 0 Å². The molecule has 3 rings (SSSR count). The summed E-state index contributed by atoms with van der Waals surface area (Å²) in [6, 6.07) is 14.0. The second kappa shape index (κ2) is 10.2. The molecule has 154 valence electrons. The van der Waals surface area contributed by atoms with Crippen molar-refractivity contribution in [2.45, 2.75) is 12.6 Å². The SMILES string of the molecule is O=C(COc1ccc([N+](=O)[O-])cc1Cl)NCC1CN(Cc2ccccc2)CCO1. The number of rotatable bonds is 8. The Hall–Kier alpha value is -2.68. The molecular formula is C20H22ClN3O5. The minimum atomic E-state index is -0.548. The van der Waals surface area contributed by atoms with Gasteiger partial charge in [-0.05, 0) is 11.6 Å². The van der Waals surface area contributed by atoms with Gasteiger partial charge in [0.25, 0.3) is 11.6 Å². The first-order valence-corrected chi connectivity index (χ1v) is 9.60. The number of ether oxygens (including phenoxy) is 2. The summed E-state index contributed by atoms with van der Waals surface area (Å²) in [4.78, 5) is 24.5. The number of nitrogens with one attached hydrogen (secondary N) is 1. The number of amides is 1. The van der Waals surface area contributed by atoms with Crippen LogP contribution in [0, 0.1) is 10.1 Å². The summed E-state index contributed by atoms with van der Waals surface area (Å²) in [5.41, 5.74) is 1.10. The van der Waals surface area contributed by atoms with Crippen LogP contribution in [0.25, 0.3) is 0 Å². The fourth-order valence-corrected chi connectivity index (χ4v) is 3.26. The summed E-state index contributed by atoms with van der Waals surface area (Å²) in [6.45, 7) is 3.17. The van der Waals surface area contributed by atoms with E-state index in [4.69, 9.17) is 21.1 Å². The quantitative estimate of drug-likeness (QED) is 0.522. The smallest absolute Gasteiger partial charge is 0.271 e.